The second kappa shape index (κ2) is 5.81. The summed E-state index contributed by atoms with van der Waals surface area (Å²) in [6, 6.07) is 17.6. The predicted octanol–water partition coefficient (Wildman–Crippen LogP) is 2.93. The fourth-order valence-electron chi connectivity index (χ4n) is 3.23. The molecule has 0 saturated carbocycles. The maximum absolute atomic E-state index is 4.13. The van der Waals surface area contributed by atoms with Crippen molar-refractivity contribution in [1.82, 2.24) is 15.5 Å². The second-order valence-corrected chi connectivity index (χ2v) is 5.90. The standard InChI is InChI=1S/C18H20N4/c1-2-7-17(8-3-1)22-10-9-16(13-22)19-11-14-5-4-6-15-12-20-21-18(14)15/h1-8,12,16,19H,9-11,13H2,(H,20,21)/t16-/m1/s1. The van der Waals surface area contributed by atoms with Crippen molar-refractivity contribution in [3.8, 4) is 0 Å². The molecule has 2 heterocycles. The molecule has 2 N–H and O–H groups in total. The van der Waals surface area contributed by atoms with Crippen molar-refractivity contribution in [2.45, 2.75) is 19.0 Å². The molecule has 1 aliphatic heterocycles. The van der Waals surface area contributed by atoms with Crippen LogP contribution in [-0.4, -0.2) is 29.3 Å². The Hall–Kier alpha value is -2.33. The number of aromatic nitrogens is 2. The number of hydrogen-bond acceptors (Lipinski definition) is 3. The van der Waals surface area contributed by atoms with Gasteiger partial charge in [-0.25, -0.2) is 0 Å². The van der Waals surface area contributed by atoms with Crippen molar-refractivity contribution in [2.75, 3.05) is 18.0 Å². The van der Waals surface area contributed by atoms with Gasteiger partial charge in [0.25, 0.3) is 0 Å². The first-order chi connectivity index (χ1) is 10.9. The van der Waals surface area contributed by atoms with Gasteiger partial charge in [-0.15, -0.1) is 0 Å². The van der Waals surface area contributed by atoms with Gasteiger partial charge in [0.2, 0.25) is 0 Å². The molecule has 0 aliphatic carbocycles. The first-order valence-corrected chi connectivity index (χ1v) is 7.84. The Morgan fingerprint density at radius 3 is 2.95 bits per heavy atom. The minimum absolute atomic E-state index is 0.540. The minimum Gasteiger partial charge on any atom is -0.370 e. The molecule has 0 radical (unpaired) electrons. The van der Waals surface area contributed by atoms with Crippen molar-refractivity contribution in [3.63, 3.8) is 0 Å². The fraction of sp³-hybridized carbons (Fsp3) is 0.278. The highest BCUT2D eigenvalue weighted by Crippen LogP contribution is 2.21. The Kier molecular flexibility index (Phi) is 3.52. The molecule has 0 unspecified atom stereocenters. The van der Waals surface area contributed by atoms with Crippen LogP contribution in [0.3, 0.4) is 0 Å². The molecule has 0 amide bonds. The van der Waals surface area contributed by atoms with Gasteiger partial charge < -0.3 is 10.2 Å². The molecule has 1 aromatic heterocycles. The molecule has 1 aliphatic rings. The summed E-state index contributed by atoms with van der Waals surface area (Å²) >= 11 is 0. The van der Waals surface area contributed by atoms with Crippen LogP contribution in [0.5, 0.6) is 0 Å². The Balaban J connectivity index is 1.40. The molecule has 0 spiro atoms. The zero-order valence-corrected chi connectivity index (χ0v) is 12.5. The molecule has 0 bridgehead atoms. The number of hydrogen-bond donors (Lipinski definition) is 2. The van der Waals surface area contributed by atoms with E-state index in [0.29, 0.717) is 6.04 Å². The van der Waals surface area contributed by atoms with Crippen molar-refractivity contribution in [3.05, 3.63) is 60.3 Å². The van der Waals surface area contributed by atoms with Crippen LogP contribution < -0.4 is 10.2 Å². The van der Waals surface area contributed by atoms with E-state index in [9.17, 15) is 0 Å². The number of H-pyrrole nitrogens is 1. The molecule has 112 valence electrons. The normalized spacial score (nSPS) is 18.2. The highest BCUT2D eigenvalue weighted by molar-refractivity contribution is 5.81. The molecule has 22 heavy (non-hydrogen) atoms. The first-order valence-electron chi connectivity index (χ1n) is 7.84. The summed E-state index contributed by atoms with van der Waals surface area (Å²) in [5, 5.41) is 12.1. The predicted molar refractivity (Wildman–Crippen MR) is 90.0 cm³/mol. The maximum atomic E-state index is 4.13. The van der Waals surface area contributed by atoms with Gasteiger partial charge in [0.15, 0.2) is 0 Å². The Labute approximate surface area is 130 Å². The average molecular weight is 292 g/mol. The lowest BCUT2D eigenvalue weighted by Crippen LogP contribution is -2.32. The first kappa shape index (κ1) is 13.3. The molecule has 4 nitrogen and oxygen atoms in total. The molecular formula is C18H20N4. The van der Waals surface area contributed by atoms with Crippen LogP contribution in [0.1, 0.15) is 12.0 Å². The zero-order chi connectivity index (χ0) is 14.8. The van der Waals surface area contributed by atoms with E-state index in [1.54, 1.807) is 0 Å². The van der Waals surface area contributed by atoms with Gasteiger partial charge in [-0.1, -0.05) is 36.4 Å². The topological polar surface area (TPSA) is 44.0 Å². The summed E-state index contributed by atoms with van der Waals surface area (Å²) < 4.78 is 0. The number of benzene rings is 2. The molecule has 1 fully saturated rings. The van der Waals surface area contributed by atoms with E-state index in [1.807, 2.05) is 6.20 Å². The molecule has 4 rings (SSSR count). The Morgan fingerprint density at radius 2 is 2.05 bits per heavy atom. The van der Waals surface area contributed by atoms with Gasteiger partial charge in [0, 0.05) is 36.7 Å². The lowest BCUT2D eigenvalue weighted by Gasteiger charge is -2.19. The van der Waals surface area contributed by atoms with Gasteiger partial charge in [0.05, 0.1) is 11.7 Å². The number of rotatable bonds is 4. The Morgan fingerprint density at radius 1 is 1.14 bits per heavy atom. The fourth-order valence-corrected chi connectivity index (χ4v) is 3.23. The number of nitrogens with zero attached hydrogens (tertiary/aromatic N) is 2. The van der Waals surface area contributed by atoms with Crippen LogP contribution in [0.2, 0.25) is 0 Å². The molecule has 2 aromatic carbocycles. The third-order valence-corrected chi connectivity index (χ3v) is 4.45. The van der Waals surface area contributed by atoms with Crippen molar-refractivity contribution >= 4 is 16.6 Å². The summed E-state index contributed by atoms with van der Waals surface area (Å²) in [6.07, 6.45) is 3.07. The van der Waals surface area contributed by atoms with Crippen molar-refractivity contribution in [2.24, 2.45) is 0 Å². The third-order valence-electron chi connectivity index (χ3n) is 4.45. The van der Waals surface area contributed by atoms with Crippen LogP contribution in [0.15, 0.2) is 54.7 Å². The van der Waals surface area contributed by atoms with E-state index in [1.165, 1.54) is 23.1 Å². The van der Waals surface area contributed by atoms with Crippen LogP contribution in [0, 0.1) is 0 Å². The quantitative estimate of drug-likeness (QED) is 0.777. The van der Waals surface area contributed by atoms with E-state index in [-0.39, 0.29) is 0 Å². The summed E-state index contributed by atoms with van der Waals surface area (Å²) in [4.78, 5) is 2.45. The molecular weight excluding hydrogens is 272 g/mol. The SMILES string of the molecule is c1ccc(N2CC[C@@H](NCc3cccc4cn[nH]c34)C2)cc1. The minimum atomic E-state index is 0.540. The van der Waals surface area contributed by atoms with Crippen LogP contribution in [0.4, 0.5) is 5.69 Å². The van der Waals surface area contributed by atoms with Gasteiger partial charge >= 0.3 is 0 Å². The number of fused-ring (bicyclic) bond motifs is 1. The lowest BCUT2D eigenvalue weighted by molar-refractivity contribution is 0.552. The number of nitrogens with one attached hydrogen (secondary N) is 2. The third kappa shape index (κ3) is 2.57. The van der Waals surface area contributed by atoms with Crippen molar-refractivity contribution in [1.29, 1.82) is 0 Å². The van der Waals surface area contributed by atoms with Gasteiger partial charge in [-0.05, 0) is 24.1 Å². The average Bonchev–Trinajstić information content (AvgIpc) is 3.23. The summed E-state index contributed by atoms with van der Waals surface area (Å²) in [6.45, 7) is 3.08. The van der Waals surface area contributed by atoms with E-state index in [4.69, 9.17) is 0 Å². The molecule has 3 aromatic rings. The Bertz CT molecular complexity index is 750. The van der Waals surface area contributed by atoms with Gasteiger partial charge in [-0.3, -0.25) is 5.10 Å². The van der Waals surface area contributed by atoms with Crippen LogP contribution in [0.25, 0.3) is 10.9 Å². The number of para-hydroxylation sites is 2. The van der Waals surface area contributed by atoms with E-state index in [2.05, 4.69) is 68.9 Å². The highest BCUT2D eigenvalue weighted by atomic mass is 15.2. The highest BCUT2D eigenvalue weighted by Gasteiger charge is 2.22. The summed E-state index contributed by atoms with van der Waals surface area (Å²) in [7, 11) is 0. The van der Waals surface area contributed by atoms with Crippen molar-refractivity contribution < 1.29 is 0 Å². The number of aromatic amines is 1. The van der Waals surface area contributed by atoms with Crippen LogP contribution in [-0.2, 0) is 6.54 Å². The smallest absolute Gasteiger partial charge is 0.0695 e. The summed E-state index contributed by atoms with van der Waals surface area (Å²) in [5.74, 6) is 0. The molecule has 1 atom stereocenters. The zero-order valence-electron chi connectivity index (χ0n) is 12.5. The monoisotopic (exact) mass is 292 g/mol. The second-order valence-electron chi connectivity index (χ2n) is 5.90. The van der Waals surface area contributed by atoms with Gasteiger partial charge in [0.1, 0.15) is 0 Å². The van der Waals surface area contributed by atoms with E-state index >= 15 is 0 Å². The summed E-state index contributed by atoms with van der Waals surface area (Å²) in [5.41, 5.74) is 3.75. The van der Waals surface area contributed by atoms with E-state index < -0.39 is 0 Å². The lowest BCUT2D eigenvalue weighted by atomic mass is 10.1. The van der Waals surface area contributed by atoms with Crippen LogP contribution >= 0.6 is 0 Å². The van der Waals surface area contributed by atoms with Gasteiger partial charge in [-0.2, -0.15) is 5.10 Å². The van der Waals surface area contributed by atoms with E-state index in [0.717, 1.165) is 25.2 Å². The molecule has 1 saturated heterocycles. The maximum Gasteiger partial charge on any atom is 0.0695 e. The number of anilines is 1. The molecule has 4 heteroatoms. The largest absolute Gasteiger partial charge is 0.370 e.